The number of ether oxygens (including phenoxy) is 9. The van der Waals surface area contributed by atoms with Crippen LogP contribution in [0.15, 0.2) is 11.6 Å². The molecule has 0 aromatic carbocycles. The number of methoxy groups -OCH3 is 1. The van der Waals surface area contributed by atoms with E-state index >= 15 is 0 Å². The van der Waals surface area contributed by atoms with E-state index in [1.54, 1.807) is 13.0 Å². The quantitative estimate of drug-likeness (QED) is 0.0878. The zero-order chi connectivity index (χ0) is 43.9. The highest BCUT2D eigenvalue weighted by Crippen LogP contribution is 2.69. The zero-order valence-corrected chi connectivity index (χ0v) is 35.4. The minimum atomic E-state index is -1.78. The molecule has 19 nitrogen and oxygen atoms in total. The molecule has 9 N–H and O–H groups in total. The molecule has 0 bridgehead atoms. The summed E-state index contributed by atoms with van der Waals surface area (Å²) >= 11 is 0. The summed E-state index contributed by atoms with van der Waals surface area (Å²) in [6.45, 7) is 7.13. The first kappa shape index (κ1) is 46.1. The van der Waals surface area contributed by atoms with Gasteiger partial charge in [-0.3, -0.25) is 0 Å². The Morgan fingerprint density at radius 2 is 1.41 bits per heavy atom. The largest absolute Gasteiger partial charge is 0.458 e. The van der Waals surface area contributed by atoms with E-state index in [0.717, 1.165) is 44.1 Å². The van der Waals surface area contributed by atoms with Crippen LogP contribution in [0.5, 0.6) is 0 Å². The van der Waals surface area contributed by atoms with Crippen molar-refractivity contribution in [3.63, 3.8) is 0 Å². The first-order valence-electron chi connectivity index (χ1n) is 21.9. The molecule has 348 valence electrons. The van der Waals surface area contributed by atoms with E-state index in [1.807, 2.05) is 6.92 Å². The van der Waals surface area contributed by atoms with Gasteiger partial charge in [-0.05, 0) is 81.6 Å². The average molecular weight is 875 g/mol. The molecular weight excluding hydrogens is 808 g/mol. The molecule has 24 atom stereocenters. The van der Waals surface area contributed by atoms with Crippen molar-refractivity contribution >= 4 is 5.97 Å². The number of hydrogen-bond acceptors (Lipinski definition) is 19. The molecule has 0 radical (unpaired) electrons. The second kappa shape index (κ2) is 17.4. The van der Waals surface area contributed by atoms with Gasteiger partial charge in [-0.2, -0.15) is 0 Å². The van der Waals surface area contributed by atoms with Crippen molar-refractivity contribution in [1.29, 1.82) is 0 Å². The van der Waals surface area contributed by atoms with E-state index < -0.39 is 117 Å². The molecular formula is C42H66O19. The Labute approximate surface area is 354 Å². The van der Waals surface area contributed by atoms with E-state index in [1.165, 1.54) is 7.11 Å². The molecule has 0 spiro atoms. The summed E-state index contributed by atoms with van der Waals surface area (Å²) < 4.78 is 53.2. The molecule has 5 heterocycles. The van der Waals surface area contributed by atoms with Crippen LogP contribution in [0.25, 0.3) is 0 Å². The summed E-state index contributed by atoms with van der Waals surface area (Å²) in [4.78, 5) is 12.0. The van der Waals surface area contributed by atoms with Gasteiger partial charge in [0, 0.05) is 30.4 Å². The van der Waals surface area contributed by atoms with Crippen molar-refractivity contribution in [1.82, 2.24) is 0 Å². The van der Waals surface area contributed by atoms with Crippen LogP contribution < -0.4 is 0 Å². The maximum absolute atomic E-state index is 12.5. The lowest BCUT2D eigenvalue weighted by molar-refractivity contribution is -0.367. The van der Waals surface area contributed by atoms with Crippen LogP contribution in [-0.4, -0.2) is 189 Å². The Morgan fingerprint density at radius 1 is 0.738 bits per heavy atom. The van der Waals surface area contributed by atoms with Gasteiger partial charge >= 0.3 is 5.97 Å². The van der Waals surface area contributed by atoms with Crippen molar-refractivity contribution < 1.29 is 93.4 Å². The van der Waals surface area contributed by atoms with E-state index in [4.69, 9.17) is 42.6 Å². The molecule has 19 heteroatoms. The summed E-state index contributed by atoms with van der Waals surface area (Å²) in [5.74, 6) is -1.36. The van der Waals surface area contributed by atoms with Crippen molar-refractivity contribution in [2.75, 3.05) is 26.9 Å². The van der Waals surface area contributed by atoms with E-state index in [9.17, 15) is 50.8 Å². The molecule has 9 unspecified atom stereocenters. The number of carbonyl (C=O) groups is 1. The topological polar surface area (TPSA) is 282 Å². The summed E-state index contributed by atoms with van der Waals surface area (Å²) in [5, 5.41) is 96.6. The first-order valence-corrected chi connectivity index (χ1v) is 21.9. The monoisotopic (exact) mass is 874 g/mol. The number of cyclic esters (lactones) is 1. The van der Waals surface area contributed by atoms with Gasteiger partial charge < -0.3 is 88.6 Å². The lowest BCUT2D eigenvalue weighted by atomic mass is 9.44. The summed E-state index contributed by atoms with van der Waals surface area (Å²) in [6.07, 6.45) is -14.6. The van der Waals surface area contributed by atoms with Gasteiger partial charge in [0.2, 0.25) is 0 Å². The summed E-state index contributed by atoms with van der Waals surface area (Å²) in [5.41, 5.74) is 0.254. The summed E-state index contributed by atoms with van der Waals surface area (Å²) in [7, 11) is 1.38. The van der Waals surface area contributed by atoms with E-state index in [-0.39, 0.29) is 53.9 Å². The number of aliphatic hydroxyl groups is 9. The number of rotatable bonds is 10. The Kier molecular flexibility index (Phi) is 13.1. The molecule has 0 amide bonds. The van der Waals surface area contributed by atoms with Crippen molar-refractivity contribution in [3.8, 4) is 0 Å². The molecule has 61 heavy (non-hydrogen) atoms. The maximum Gasteiger partial charge on any atom is 0.331 e. The SMILES string of the molecule is CO[C@H]1[C@H](O)[C@H](OC2CCC3(C)C(CCC4C3CCC3(C)C(C5=CC(=O)OC5)C(C)OC43O)C2)O[C@@H](C)[C@@H]1O[C@@H]1O[C@H](CO[C@@H]2O[C@H](CO)[C@@H](O)[C@H](O)[C@H]2O)[C@@H](O)[C@H](O)[C@H]1O. The van der Waals surface area contributed by atoms with Gasteiger partial charge in [-0.15, -0.1) is 0 Å². The third kappa shape index (κ3) is 7.73. The molecule has 7 fully saturated rings. The number of carbonyl (C=O) groups excluding carboxylic acids is 1. The number of fused-ring (bicyclic) bond motifs is 5. The van der Waals surface area contributed by atoms with Crippen LogP contribution in [0.2, 0.25) is 0 Å². The van der Waals surface area contributed by atoms with Gasteiger partial charge in [0.1, 0.15) is 73.8 Å². The Hall–Kier alpha value is -1.47. The fourth-order valence-corrected chi connectivity index (χ4v) is 12.8. The van der Waals surface area contributed by atoms with Crippen molar-refractivity contribution in [3.05, 3.63) is 11.6 Å². The standard InChI is InChI=1S/C42H66O19/c1-17-27(19-12-26(44)54-15-19)41(4)11-9-22-23(42(41,52)61-17)7-6-20-13-21(8-10-40(20,22)3)57-39-34(51)36(53-5)35(18(2)56-39)60-38-33(50)31(48)29(46)25(59-38)16-55-37-32(49)30(47)28(45)24(14-43)58-37/h12,17-18,20-25,27-39,43,45-52H,6-11,13-16H2,1-5H3/t17?,18-,20?,21?,22?,23?,24+,25+,27?,28+,29+,30-,31-,32+,33+,34-,35-,36-,37+,38-,39-,40?,41?,42?/m0/s1. The van der Waals surface area contributed by atoms with Crippen LogP contribution in [-0.2, 0) is 47.4 Å². The molecule has 8 rings (SSSR count). The van der Waals surface area contributed by atoms with Gasteiger partial charge in [-0.25, -0.2) is 4.79 Å². The highest BCUT2D eigenvalue weighted by molar-refractivity contribution is 5.85. The second-order valence-electron chi connectivity index (χ2n) is 19.4. The average Bonchev–Trinajstić information content (AvgIpc) is 3.74. The fourth-order valence-electron chi connectivity index (χ4n) is 12.8. The van der Waals surface area contributed by atoms with Gasteiger partial charge in [0.25, 0.3) is 0 Å². The summed E-state index contributed by atoms with van der Waals surface area (Å²) in [6, 6.07) is 0. The molecule has 4 saturated heterocycles. The van der Waals surface area contributed by atoms with Crippen LogP contribution >= 0.6 is 0 Å². The smallest absolute Gasteiger partial charge is 0.331 e. The normalized spacial score (nSPS) is 55.0. The molecule has 3 saturated carbocycles. The maximum atomic E-state index is 12.5. The highest BCUT2D eigenvalue weighted by atomic mass is 16.8. The van der Waals surface area contributed by atoms with Crippen molar-refractivity contribution in [2.45, 2.75) is 183 Å². The van der Waals surface area contributed by atoms with Crippen LogP contribution in [0.3, 0.4) is 0 Å². The molecule has 0 aromatic heterocycles. The lowest BCUT2D eigenvalue weighted by Crippen LogP contribution is -2.65. The molecule has 0 aromatic rings. The highest BCUT2D eigenvalue weighted by Gasteiger charge is 2.71. The van der Waals surface area contributed by atoms with Crippen LogP contribution in [0.1, 0.15) is 72.6 Å². The Balaban J connectivity index is 0.880. The van der Waals surface area contributed by atoms with Crippen molar-refractivity contribution in [2.24, 2.45) is 34.5 Å². The second-order valence-corrected chi connectivity index (χ2v) is 19.4. The fraction of sp³-hybridized carbons (Fsp3) is 0.929. The van der Waals surface area contributed by atoms with Gasteiger partial charge in [0.15, 0.2) is 24.7 Å². The number of aliphatic hydroxyl groups excluding tert-OH is 8. The third-order valence-electron chi connectivity index (χ3n) is 16.1. The Bertz CT molecular complexity index is 1600. The number of hydrogen-bond donors (Lipinski definition) is 9. The lowest BCUT2D eigenvalue weighted by Gasteiger charge is -2.62. The van der Waals surface area contributed by atoms with Crippen LogP contribution in [0.4, 0.5) is 0 Å². The minimum Gasteiger partial charge on any atom is -0.458 e. The molecule has 5 aliphatic heterocycles. The predicted octanol–water partition coefficient (Wildman–Crippen LogP) is -1.66. The molecule has 3 aliphatic carbocycles. The first-order chi connectivity index (χ1) is 28.9. The third-order valence-corrected chi connectivity index (χ3v) is 16.1. The van der Waals surface area contributed by atoms with E-state index in [2.05, 4.69) is 13.8 Å². The van der Waals surface area contributed by atoms with Gasteiger partial charge in [-0.1, -0.05) is 13.8 Å². The van der Waals surface area contributed by atoms with Crippen LogP contribution in [0, 0.1) is 34.5 Å². The predicted molar refractivity (Wildman–Crippen MR) is 204 cm³/mol. The zero-order valence-electron chi connectivity index (χ0n) is 35.4. The minimum absolute atomic E-state index is 0.0684. The van der Waals surface area contributed by atoms with E-state index in [0.29, 0.717) is 6.42 Å². The Morgan fingerprint density at radius 3 is 2.08 bits per heavy atom. The van der Waals surface area contributed by atoms with Gasteiger partial charge in [0.05, 0.1) is 31.5 Å². The molecule has 8 aliphatic rings. The number of esters is 1.